The number of nitrogens with two attached hydrogens (primary N) is 1. The van der Waals surface area contributed by atoms with Gasteiger partial charge in [0.2, 0.25) is 5.91 Å². The SMILES string of the molecule is NC(=S)CC(c1ccccc1)N1CCCC2C(=O)NCC21. The molecule has 3 atom stereocenters. The minimum absolute atomic E-state index is 0.122. The van der Waals surface area contributed by atoms with Gasteiger partial charge >= 0.3 is 0 Å². The summed E-state index contributed by atoms with van der Waals surface area (Å²) in [6.45, 7) is 1.74. The van der Waals surface area contributed by atoms with Gasteiger partial charge in [-0.3, -0.25) is 9.69 Å². The number of hydrogen-bond acceptors (Lipinski definition) is 3. The zero-order valence-electron chi connectivity index (χ0n) is 12.0. The topological polar surface area (TPSA) is 58.4 Å². The van der Waals surface area contributed by atoms with Gasteiger partial charge in [0.25, 0.3) is 0 Å². The Balaban J connectivity index is 1.89. The maximum atomic E-state index is 11.9. The molecule has 0 aromatic heterocycles. The van der Waals surface area contributed by atoms with Gasteiger partial charge in [-0.15, -0.1) is 0 Å². The van der Waals surface area contributed by atoms with Gasteiger partial charge in [0.1, 0.15) is 0 Å². The van der Waals surface area contributed by atoms with Gasteiger partial charge in [0, 0.05) is 25.0 Å². The molecule has 21 heavy (non-hydrogen) atoms. The molecular formula is C16H21N3OS. The minimum Gasteiger partial charge on any atom is -0.393 e. The number of piperidine rings is 1. The van der Waals surface area contributed by atoms with Crippen LogP contribution < -0.4 is 11.1 Å². The third-order valence-electron chi connectivity index (χ3n) is 4.62. The highest BCUT2D eigenvalue weighted by atomic mass is 32.1. The lowest BCUT2D eigenvalue weighted by atomic mass is 9.88. The van der Waals surface area contributed by atoms with Crippen LogP contribution in [0.5, 0.6) is 0 Å². The molecule has 2 aliphatic rings. The van der Waals surface area contributed by atoms with Crippen LogP contribution in [0, 0.1) is 5.92 Å². The van der Waals surface area contributed by atoms with Gasteiger partial charge in [-0.1, -0.05) is 42.5 Å². The van der Waals surface area contributed by atoms with Crippen molar-refractivity contribution >= 4 is 23.1 Å². The van der Waals surface area contributed by atoms with Crippen LogP contribution in [0.4, 0.5) is 0 Å². The highest BCUT2D eigenvalue weighted by Gasteiger charge is 2.43. The minimum atomic E-state index is 0.122. The molecule has 2 aliphatic heterocycles. The van der Waals surface area contributed by atoms with Gasteiger partial charge in [0.05, 0.1) is 10.9 Å². The highest BCUT2D eigenvalue weighted by Crippen LogP contribution is 2.35. The highest BCUT2D eigenvalue weighted by molar-refractivity contribution is 7.80. The molecule has 0 saturated carbocycles. The van der Waals surface area contributed by atoms with E-state index in [4.69, 9.17) is 18.0 Å². The van der Waals surface area contributed by atoms with E-state index in [2.05, 4.69) is 22.3 Å². The van der Waals surface area contributed by atoms with E-state index in [1.54, 1.807) is 0 Å². The molecule has 0 radical (unpaired) electrons. The van der Waals surface area contributed by atoms with Crippen molar-refractivity contribution in [1.29, 1.82) is 0 Å². The summed E-state index contributed by atoms with van der Waals surface area (Å²) in [6, 6.07) is 10.8. The summed E-state index contributed by atoms with van der Waals surface area (Å²) in [5.41, 5.74) is 7.05. The van der Waals surface area contributed by atoms with Crippen molar-refractivity contribution in [3.8, 4) is 0 Å². The maximum absolute atomic E-state index is 11.9. The monoisotopic (exact) mass is 303 g/mol. The molecule has 2 heterocycles. The van der Waals surface area contributed by atoms with E-state index in [0.717, 1.165) is 25.9 Å². The van der Waals surface area contributed by atoms with E-state index in [9.17, 15) is 4.79 Å². The number of hydrogen-bond donors (Lipinski definition) is 2. The molecule has 2 fully saturated rings. The van der Waals surface area contributed by atoms with E-state index < -0.39 is 0 Å². The summed E-state index contributed by atoms with van der Waals surface area (Å²) in [5, 5.41) is 3.01. The standard InChI is InChI=1S/C16H21N3OS/c17-15(21)9-13(11-5-2-1-3-6-11)19-8-4-7-12-14(19)10-18-16(12)20/h1-3,5-6,12-14H,4,7-10H2,(H2,17,21)(H,18,20). The second kappa shape index (κ2) is 6.12. The molecule has 0 aliphatic carbocycles. The number of benzene rings is 1. The predicted molar refractivity (Wildman–Crippen MR) is 86.8 cm³/mol. The number of fused-ring (bicyclic) bond motifs is 1. The predicted octanol–water partition coefficient (Wildman–Crippen LogP) is 1.61. The summed E-state index contributed by atoms with van der Waals surface area (Å²) < 4.78 is 0. The van der Waals surface area contributed by atoms with Gasteiger partial charge in [-0.05, 0) is 24.9 Å². The smallest absolute Gasteiger partial charge is 0.224 e. The largest absolute Gasteiger partial charge is 0.393 e. The first-order chi connectivity index (χ1) is 10.2. The Morgan fingerprint density at radius 1 is 1.43 bits per heavy atom. The fraction of sp³-hybridized carbons (Fsp3) is 0.500. The second-order valence-corrected chi connectivity index (χ2v) is 6.42. The summed E-state index contributed by atoms with van der Waals surface area (Å²) in [7, 11) is 0. The Bertz CT molecular complexity index is 534. The second-order valence-electron chi connectivity index (χ2n) is 5.90. The van der Waals surface area contributed by atoms with Crippen molar-refractivity contribution in [2.75, 3.05) is 13.1 Å². The molecule has 0 bridgehead atoms. The first-order valence-electron chi connectivity index (χ1n) is 7.53. The number of rotatable bonds is 4. The first kappa shape index (κ1) is 14.5. The molecule has 2 saturated heterocycles. The lowest BCUT2D eigenvalue weighted by Crippen LogP contribution is -2.48. The summed E-state index contributed by atoms with van der Waals surface area (Å²) >= 11 is 5.15. The van der Waals surface area contributed by atoms with Crippen LogP contribution in [-0.2, 0) is 4.79 Å². The zero-order chi connectivity index (χ0) is 14.8. The molecule has 1 amide bonds. The van der Waals surface area contributed by atoms with Crippen LogP contribution in [-0.4, -0.2) is 34.9 Å². The van der Waals surface area contributed by atoms with Crippen LogP contribution in [0.2, 0.25) is 0 Å². The Morgan fingerprint density at radius 3 is 2.90 bits per heavy atom. The van der Waals surface area contributed by atoms with Crippen molar-refractivity contribution in [3.63, 3.8) is 0 Å². The fourth-order valence-corrected chi connectivity index (χ4v) is 3.82. The quantitative estimate of drug-likeness (QED) is 0.830. The number of likely N-dealkylation sites (tertiary alicyclic amines) is 1. The average Bonchev–Trinajstić information content (AvgIpc) is 2.87. The average molecular weight is 303 g/mol. The molecule has 0 spiro atoms. The number of thiocarbonyl (C=S) groups is 1. The zero-order valence-corrected chi connectivity index (χ0v) is 12.8. The van der Waals surface area contributed by atoms with Crippen LogP contribution >= 0.6 is 12.2 Å². The van der Waals surface area contributed by atoms with Crippen molar-refractivity contribution in [3.05, 3.63) is 35.9 Å². The Hall–Kier alpha value is -1.46. The van der Waals surface area contributed by atoms with E-state index in [0.29, 0.717) is 11.4 Å². The van der Waals surface area contributed by atoms with Gasteiger partial charge in [-0.2, -0.15) is 0 Å². The van der Waals surface area contributed by atoms with E-state index >= 15 is 0 Å². The third-order valence-corrected chi connectivity index (χ3v) is 4.79. The lowest BCUT2D eigenvalue weighted by Gasteiger charge is -2.41. The van der Waals surface area contributed by atoms with E-state index in [1.165, 1.54) is 5.56 Å². The molecule has 3 unspecified atom stereocenters. The molecular weight excluding hydrogens is 282 g/mol. The molecule has 3 rings (SSSR count). The third kappa shape index (κ3) is 2.94. The summed E-state index contributed by atoms with van der Waals surface area (Å²) in [4.78, 5) is 14.9. The Labute approximate surface area is 130 Å². The first-order valence-corrected chi connectivity index (χ1v) is 7.94. The molecule has 1 aromatic rings. The Kier molecular flexibility index (Phi) is 4.22. The molecule has 4 nitrogen and oxygen atoms in total. The number of carbonyl (C=O) groups excluding carboxylic acids is 1. The van der Waals surface area contributed by atoms with Crippen molar-refractivity contribution in [1.82, 2.24) is 10.2 Å². The number of amides is 1. The number of nitrogens with one attached hydrogen (secondary N) is 1. The van der Waals surface area contributed by atoms with Crippen LogP contribution in [0.3, 0.4) is 0 Å². The van der Waals surface area contributed by atoms with Gasteiger partial charge < -0.3 is 11.1 Å². The molecule has 5 heteroatoms. The van der Waals surface area contributed by atoms with Crippen LogP contribution in [0.25, 0.3) is 0 Å². The molecule has 3 N–H and O–H groups in total. The van der Waals surface area contributed by atoms with Crippen LogP contribution in [0.15, 0.2) is 30.3 Å². The normalized spacial score (nSPS) is 27.0. The van der Waals surface area contributed by atoms with Crippen molar-refractivity contribution in [2.24, 2.45) is 11.7 Å². The van der Waals surface area contributed by atoms with Crippen molar-refractivity contribution in [2.45, 2.75) is 31.3 Å². The summed E-state index contributed by atoms with van der Waals surface area (Å²) in [6.07, 6.45) is 2.70. The molecule has 112 valence electrons. The summed E-state index contributed by atoms with van der Waals surface area (Å²) in [5.74, 6) is 0.322. The lowest BCUT2D eigenvalue weighted by molar-refractivity contribution is -0.124. The van der Waals surface area contributed by atoms with E-state index in [1.807, 2.05) is 18.2 Å². The van der Waals surface area contributed by atoms with Gasteiger partial charge in [0.15, 0.2) is 0 Å². The maximum Gasteiger partial charge on any atom is 0.224 e. The van der Waals surface area contributed by atoms with Crippen molar-refractivity contribution < 1.29 is 4.79 Å². The van der Waals surface area contributed by atoms with Gasteiger partial charge in [-0.25, -0.2) is 0 Å². The molecule has 1 aromatic carbocycles. The number of carbonyl (C=O) groups is 1. The van der Waals surface area contributed by atoms with E-state index in [-0.39, 0.29) is 23.9 Å². The number of nitrogens with zero attached hydrogens (tertiary/aromatic N) is 1. The fourth-order valence-electron chi connectivity index (χ4n) is 3.66. The van der Waals surface area contributed by atoms with Crippen LogP contribution in [0.1, 0.15) is 30.9 Å². The Morgan fingerprint density at radius 2 is 2.19 bits per heavy atom.